The molecule has 6 N–H and O–H groups in total. The highest BCUT2D eigenvalue weighted by Gasteiger charge is 2.39. The molecular weight excluding hydrogens is 562 g/mol. The van der Waals surface area contributed by atoms with Gasteiger partial charge in [0.1, 0.15) is 23.9 Å². The third-order valence-electron chi connectivity index (χ3n) is 8.78. The number of benzene rings is 1. The molecule has 1 aromatic heterocycles. The van der Waals surface area contributed by atoms with Gasteiger partial charge in [-0.25, -0.2) is 4.79 Å². The summed E-state index contributed by atoms with van der Waals surface area (Å²) >= 11 is 0. The monoisotopic (exact) mass is 611 g/mol. The van der Waals surface area contributed by atoms with Crippen LogP contribution in [0.4, 0.5) is 0 Å². The number of rotatable bonds is 17. The number of aliphatic carboxylic acids is 1. The summed E-state index contributed by atoms with van der Waals surface area (Å²) in [5, 5.41) is 16.4. The summed E-state index contributed by atoms with van der Waals surface area (Å²) in [5.74, 6) is -2.53. The standard InChI is InChI=1S/C33H49N5O6/c1-4-21(3)29(32(42)38-18-12-11-17-28(38)33(43)44)37-31(41)27(19-22-20-35-26-16-10-9-14-24(22)26)36-30(40)25(34)15-8-6-7-13-23(39)5-2/h9-10,14,16,20-21,25,27-29,35H,4-8,11-13,15,17-19,34H2,1-3H3,(H,36,40)(H,37,41)(H,43,44)/t21-,25-,27-,28+,29-/m0/s1. The second-order valence-corrected chi connectivity index (χ2v) is 12.0. The number of H-pyrrole nitrogens is 1. The predicted octanol–water partition coefficient (Wildman–Crippen LogP) is 3.45. The molecule has 0 bridgehead atoms. The van der Waals surface area contributed by atoms with Crippen LogP contribution in [0.1, 0.15) is 90.5 Å². The molecule has 0 spiro atoms. The van der Waals surface area contributed by atoms with E-state index in [0.29, 0.717) is 51.5 Å². The summed E-state index contributed by atoms with van der Waals surface area (Å²) < 4.78 is 0. The van der Waals surface area contributed by atoms with E-state index < -0.39 is 47.9 Å². The van der Waals surface area contributed by atoms with Crippen LogP contribution in [0.2, 0.25) is 0 Å². The van der Waals surface area contributed by atoms with Gasteiger partial charge in [0.05, 0.1) is 6.04 Å². The molecule has 1 aromatic carbocycles. The Morgan fingerprint density at radius 1 is 1.05 bits per heavy atom. The number of carbonyl (C=O) groups is 5. The molecule has 5 atom stereocenters. The van der Waals surface area contributed by atoms with Gasteiger partial charge in [-0.3, -0.25) is 19.2 Å². The van der Waals surface area contributed by atoms with Gasteiger partial charge in [-0.1, -0.05) is 58.2 Å². The second-order valence-electron chi connectivity index (χ2n) is 12.0. The Morgan fingerprint density at radius 2 is 1.80 bits per heavy atom. The summed E-state index contributed by atoms with van der Waals surface area (Å²) in [5.41, 5.74) is 7.94. The van der Waals surface area contributed by atoms with E-state index in [4.69, 9.17) is 5.73 Å². The lowest BCUT2D eigenvalue weighted by molar-refractivity contribution is -0.154. The number of carboxylic acids is 1. The quantitative estimate of drug-likeness (QED) is 0.170. The van der Waals surface area contributed by atoms with Crippen LogP contribution in [0.5, 0.6) is 0 Å². The normalized spacial score (nSPS) is 17.8. The minimum Gasteiger partial charge on any atom is -0.480 e. The number of ketones is 1. The number of hydrogen-bond donors (Lipinski definition) is 5. The van der Waals surface area contributed by atoms with Crippen molar-refractivity contribution in [1.29, 1.82) is 0 Å². The van der Waals surface area contributed by atoms with Gasteiger partial charge in [-0.05, 0) is 49.7 Å². The number of aromatic nitrogens is 1. The first-order valence-corrected chi connectivity index (χ1v) is 16.0. The van der Waals surface area contributed by atoms with E-state index in [1.54, 1.807) is 6.20 Å². The number of likely N-dealkylation sites (tertiary alicyclic amines) is 1. The van der Waals surface area contributed by atoms with Crippen LogP contribution in [-0.4, -0.2) is 75.2 Å². The number of Topliss-reactive ketones (excluding diaryl/α,β-unsaturated/α-hetero) is 1. The summed E-state index contributed by atoms with van der Waals surface area (Å²) in [7, 11) is 0. The lowest BCUT2D eigenvalue weighted by atomic mass is 9.94. The van der Waals surface area contributed by atoms with Crippen LogP contribution in [-0.2, 0) is 30.4 Å². The van der Waals surface area contributed by atoms with Crippen molar-refractivity contribution in [1.82, 2.24) is 20.5 Å². The van der Waals surface area contributed by atoms with Crippen molar-refractivity contribution in [2.45, 2.75) is 116 Å². The van der Waals surface area contributed by atoms with E-state index in [0.717, 1.165) is 35.7 Å². The average molecular weight is 612 g/mol. The molecule has 2 aromatic rings. The van der Waals surface area contributed by atoms with Gasteiger partial charge in [-0.2, -0.15) is 0 Å². The van der Waals surface area contributed by atoms with Crippen LogP contribution >= 0.6 is 0 Å². The van der Waals surface area contributed by atoms with E-state index in [1.165, 1.54) is 4.90 Å². The number of nitrogens with two attached hydrogens (primary N) is 1. The Labute approximate surface area is 259 Å². The molecule has 0 saturated carbocycles. The highest BCUT2D eigenvalue weighted by atomic mass is 16.4. The summed E-state index contributed by atoms with van der Waals surface area (Å²) in [6.07, 6.45) is 7.98. The van der Waals surface area contributed by atoms with Gasteiger partial charge in [0.2, 0.25) is 17.7 Å². The summed E-state index contributed by atoms with van der Waals surface area (Å²) in [6.45, 7) is 5.91. The Balaban J connectivity index is 1.78. The molecule has 1 fully saturated rings. The zero-order valence-electron chi connectivity index (χ0n) is 26.3. The number of carbonyl (C=O) groups excluding carboxylic acids is 4. The Hall–Kier alpha value is -3.73. The number of amides is 3. The maximum absolute atomic E-state index is 13.9. The average Bonchev–Trinajstić information content (AvgIpc) is 3.44. The van der Waals surface area contributed by atoms with Gasteiger partial charge in [0.25, 0.3) is 0 Å². The van der Waals surface area contributed by atoms with E-state index in [1.807, 2.05) is 45.0 Å². The number of para-hydroxylation sites is 1. The number of nitrogens with zero attached hydrogens (tertiary/aromatic N) is 1. The number of unbranched alkanes of at least 4 members (excludes halogenated alkanes) is 2. The first-order chi connectivity index (χ1) is 21.1. The van der Waals surface area contributed by atoms with Crippen LogP contribution in [0.25, 0.3) is 10.9 Å². The zero-order chi connectivity index (χ0) is 32.2. The number of carboxylic acid groups (broad SMARTS) is 1. The molecule has 44 heavy (non-hydrogen) atoms. The van der Waals surface area contributed by atoms with Gasteiger partial charge < -0.3 is 31.4 Å². The topological polar surface area (TPSA) is 175 Å². The van der Waals surface area contributed by atoms with Crippen molar-refractivity contribution >= 4 is 40.4 Å². The molecule has 1 saturated heterocycles. The van der Waals surface area contributed by atoms with Crippen molar-refractivity contribution in [2.75, 3.05) is 6.54 Å². The van der Waals surface area contributed by atoms with Gasteiger partial charge in [-0.15, -0.1) is 0 Å². The first kappa shape index (κ1) is 34.8. The molecule has 1 aliphatic rings. The molecule has 0 aliphatic carbocycles. The van der Waals surface area contributed by atoms with E-state index >= 15 is 0 Å². The van der Waals surface area contributed by atoms with E-state index in [9.17, 15) is 29.1 Å². The molecule has 242 valence electrons. The number of aromatic amines is 1. The Kier molecular flexibility index (Phi) is 13.4. The van der Waals surface area contributed by atoms with Crippen LogP contribution < -0.4 is 16.4 Å². The fraction of sp³-hybridized carbons (Fsp3) is 0.606. The Morgan fingerprint density at radius 3 is 2.50 bits per heavy atom. The minimum atomic E-state index is -1.05. The molecule has 3 rings (SSSR count). The molecule has 11 nitrogen and oxygen atoms in total. The minimum absolute atomic E-state index is 0.163. The fourth-order valence-corrected chi connectivity index (χ4v) is 5.75. The van der Waals surface area contributed by atoms with Crippen molar-refractivity contribution < 1.29 is 29.1 Å². The lowest BCUT2D eigenvalue weighted by Gasteiger charge is -2.37. The third kappa shape index (κ3) is 9.38. The first-order valence-electron chi connectivity index (χ1n) is 16.0. The second kappa shape index (κ2) is 16.9. The smallest absolute Gasteiger partial charge is 0.326 e. The van der Waals surface area contributed by atoms with E-state index in [2.05, 4.69) is 15.6 Å². The maximum atomic E-state index is 13.9. The highest BCUT2D eigenvalue weighted by molar-refractivity contribution is 5.95. The van der Waals surface area contributed by atoms with Crippen molar-refractivity contribution in [3.63, 3.8) is 0 Å². The zero-order valence-corrected chi connectivity index (χ0v) is 26.3. The highest BCUT2D eigenvalue weighted by Crippen LogP contribution is 2.22. The lowest BCUT2D eigenvalue weighted by Crippen LogP contribution is -2.60. The predicted molar refractivity (Wildman–Crippen MR) is 169 cm³/mol. The molecule has 1 aliphatic heterocycles. The molecule has 2 heterocycles. The SMILES string of the molecule is CCC(=O)CCCCC[C@H](N)C(=O)N[C@@H](Cc1c[nH]c2ccccc12)C(=O)N[C@H](C(=O)N1CCCC[C@@H]1C(=O)O)[C@@H](C)CC. The van der Waals surface area contributed by atoms with Crippen molar-refractivity contribution in [3.05, 3.63) is 36.0 Å². The van der Waals surface area contributed by atoms with Crippen LogP contribution in [0.15, 0.2) is 30.5 Å². The molecule has 0 radical (unpaired) electrons. The number of hydrogen-bond acceptors (Lipinski definition) is 6. The van der Waals surface area contributed by atoms with Gasteiger partial charge in [0, 0.05) is 42.9 Å². The van der Waals surface area contributed by atoms with Crippen LogP contribution in [0, 0.1) is 5.92 Å². The summed E-state index contributed by atoms with van der Waals surface area (Å²) in [4.78, 5) is 68.9. The van der Waals surface area contributed by atoms with Crippen molar-refractivity contribution in [3.8, 4) is 0 Å². The van der Waals surface area contributed by atoms with Gasteiger partial charge in [0.15, 0.2) is 0 Å². The molecule has 0 unspecified atom stereocenters. The fourth-order valence-electron chi connectivity index (χ4n) is 5.75. The van der Waals surface area contributed by atoms with Crippen molar-refractivity contribution in [2.24, 2.45) is 11.7 Å². The Bertz CT molecular complexity index is 1290. The third-order valence-corrected chi connectivity index (χ3v) is 8.78. The van der Waals surface area contributed by atoms with E-state index in [-0.39, 0.29) is 18.1 Å². The number of piperidine rings is 1. The number of nitrogens with one attached hydrogen (secondary N) is 3. The largest absolute Gasteiger partial charge is 0.480 e. The molecule has 11 heteroatoms. The van der Waals surface area contributed by atoms with Gasteiger partial charge >= 0.3 is 5.97 Å². The molecule has 3 amide bonds. The maximum Gasteiger partial charge on any atom is 0.326 e. The number of fused-ring (bicyclic) bond motifs is 1. The summed E-state index contributed by atoms with van der Waals surface area (Å²) in [6, 6.07) is 3.91. The molecular formula is C33H49N5O6. The van der Waals surface area contributed by atoms with Crippen LogP contribution in [0.3, 0.4) is 0 Å².